The summed E-state index contributed by atoms with van der Waals surface area (Å²) >= 11 is 0. The van der Waals surface area contributed by atoms with Crippen LogP contribution < -0.4 is 5.32 Å². The van der Waals surface area contributed by atoms with Crippen LogP contribution >= 0.6 is 0 Å². The standard InChI is InChI=1S/C13H19N3O2/c1-16-4-2-10(3-5-16)7-15-13(18)11-6-12(17)9-14-8-11/h6,8-10,17H,2-5,7H2,1H3,(H,15,18). The fourth-order valence-electron chi connectivity index (χ4n) is 2.16. The predicted molar refractivity (Wildman–Crippen MR) is 68.5 cm³/mol. The number of pyridine rings is 1. The first-order chi connectivity index (χ1) is 8.65. The first-order valence-electron chi connectivity index (χ1n) is 6.26. The van der Waals surface area contributed by atoms with E-state index in [-0.39, 0.29) is 11.7 Å². The average Bonchev–Trinajstić information content (AvgIpc) is 2.38. The minimum atomic E-state index is -0.169. The van der Waals surface area contributed by atoms with Gasteiger partial charge in [-0.05, 0) is 45.0 Å². The van der Waals surface area contributed by atoms with E-state index < -0.39 is 0 Å². The van der Waals surface area contributed by atoms with Gasteiger partial charge in [0, 0.05) is 12.7 Å². The molecule has 1 amide bonds. The molecule has 2 rings (SSSR count). The molecular formula is C13H19N3O2. The molecule has 18 heavy (non-hydrogen) atoms. The molecule has 1 aliphatic rings. The molecule has 1 aromatic heterocycles. The number of amides is 1. The molecule has 0 aromatic carbocycles. The molecule has 1 fully saturated rings. The Morgan fingerprint density at radius 3 is 2.89 bits per heavy atom. The van der Waals surface area contributed by atoms with Crippen molar-refractivity contribution in [1.82, 2.24) is 15.2 Å². The van der Waals surface area contributed by atoms with Crippen LogP contribution in [0.4, 0.5) is 0 Å². The summed E-state index contributed by atoms with van der Waals surface area (Å²) in [6, 6.07) is 1.43. The molecular weight excluding hydrogens is 230 g/mol. The van der Waals surface area contributed by atoms with Crippen LogP contribution in [-0.4, -0.2) is 47.6 Å². The Bertz CT molecular complexity index is 414. The molecule has 0 unspecified atom stereocenters. The Kier molecular flexibility index (Phi) is 4.15. The zero-order valence-electron chi connectivity index (χ0n) is 10.6. The highest BCUT2D eigenvalue weighted by Crippen LogP contribution is 2.15. The van der Waals surface area contributed by atoms with Gasteiger partial charge in [0.05, 0.1) is 11.8 Å². The topological polar surface area (TPSA) is 65.5 Å². The van der Waals surface area contributed by atoms with Crippen LogP contribution in [-0.2, 0) is 0 Å². The molecule has 5 nitrogen and oxygen atoms in total. The molecule has 1 saturated heterocycles. The van der Waals surface area contributed by atoms with Gasteiger partial charge in [-0.15, -0.1) is 0 Å². The number of rotatable bonds is 3. The average molecular weight is 249 g/mol. The number of aromatic nitrogens is 1. The fourth-order valence-corrected chi connectivity index (χ4v) is 2.16. The lowest BCUT2D eigenvalue weighted by atomic mass is 9.97. The van der Waals surface area contributed by atoms with E-state index in [2.05, 4.69) is 22.2 Å². The summed E-state index contributed by atoms with van der Waals surface area (Å²) in [5.41, 5.74) is 0.405. The van der Waals surface area contributed by atoms with E-state index in [1.54, 1.807) is 0 Å². The number of piperidine rings is 1. The van der Waals surface area contributed by atoms with Crippen molar-refractivity contribution in [3.63, 3.8) is 0 Å². The van der Waals surface area contributed by atoms with Gasteiger partial charge < -0.3 is 15.3 Å². The maximum absolute atomic E-state index is 11.8. The summed E-state index contributed by atoms with van der Waals surface area (Å²) in [5, 5.41) is 12.2. The maximum Gasteiger partial charge on any atom is 0.252 e. The third-order valence-electron chi connectivity index (χ3n) is 3.38. The highest BCUT2D eigenvalue weighted by molar-refractivity contribution is 5.94. The van der Waals surface area contributed by atoms with Gasteiger partial charge in [0.15, 0.2) is 0 Å². The number of hydrogen-bond donors (Lipinski definition) is 2. The van der Waals surface area contributed by atoms with E-state index in [0.717, 1.165) is 25.9 Å². The van der Waals surface area contributed by atoms with Crippen LogP contribution in [0.15, 0.2) is 18.5 Å². The van der Waals surface area contributed by atoms with E-state index in [0.29, 0.717) is 18.0 Å². The summed E-state index contributed by atoms with van der Waals surface area (Å²) in [7, 11) is 2.12. The highest BCUT2D eigenvalue weighted by atomic mass is 16.3. The lowest BCUT2D eigenvalue weighted by Crippen LogP contribution is -2.36. The van der Waals surface area contributed by atoms with Gasteiger partial charge in [0.1, 0.15) is 5.75 Å². The van der Waals surface area contributed by atoms with Gasteiger partial charge in [-0.25, -0.2) is 0 Å². The van der Waals surface area contributed by atoms with Crippen molar-refractivity contribution in [3.8, 4) is 5.75 Å². The molecule has 0 bridgehead atoms. The maximum atomic E-state index is 11.8. The van der Waals surface area contributed by atoms with Crippen LogP contribution in [0.25, 0.3) is 0 Å². The van der Waals surface area contributed by atoms with Gasteiger partial charge in [-0.1, -0.05) is 0 Å². The Morgan fingerprint density at radius 1 is 1.50 bits per heavy atom. The Balaban J connectivity index is 1.81. The predicted octanol–water partition coefficient (Wildman–Crippen LogP) is 0.859. The second-order valence-corrected chi connectivity index (χ2v) is 4.89. The van der Waals surface area contributed by atoms with E-state index in [9.17, 15) is 9.90 Å². The van der Waals surface area contributed by atoms with E-state index >= 15 is 0 Å². The second-order valence-electron chi connectivity index (χ2n) is 4.89. The van der Waals surface area contributed by atoms with Crippen molar-refractivity contribution in [3.05, 3.63) is 24.0 Å². The summed E-state index contributed by atoms with van der Waals surface area (Å²) in [5.74, 6) is 0.398. The Morgan fingerprint density at radius 2 is 2.22 bits per heavy atom. The molecule has 2 N–H and O–H groups in total. The van der Waals surface area contributed by atoms with Crippen molar-refractivity contribution >= 4 is 5.91 Å². The molecule has 0 aliphatic carbocycles. The molecule has 98 valence electrons. The van der Waals surface area contributed by atoms with Gasteiger partial charge >= 0.3 is 0 Å². The molecule has 2 heterocycles. The van der Waals surface area contributed by atoms with Crippen LogP contribution in [0.5, 0.6) is 5.75 Å². The minimum absolute atomic E-state index is 0.0157. The monoisotopic (exact) mass is 249 g/mol. The molecule has 0 spiro atoms. The quantitative estimate of drug-likeness (QED) is 0.834. The minimum Gasteiger partial charge on any atom is -0.506 e. The number of nitrogens with one attached hydrogen (secondary N) is 1. The molecule has 0 saturated carbocycles. The Hall–Kier alpha value is -1.62. The van der Waals surface area contributed by atoms with E-state index in [1.165, 1.54) is 18.5 Å². The summed E-state index contributed by atoms with van der Waals surface area (Å²) in [6.45, 7) is 2.88. The number of aromatic hydroxyl groups is 1. The van der Waals surface area contributed by atoms with Crippen molar-refractivity contribution < 1.29 is 9.90 Å². The van der Waals surface area contributed by atoms with Crippen LogP contribution in [0, 0.1) is 5.92 Å². The second kappa shape index (κ2) is 5.82. The van der Waals surface area contributed by atoms with Gasteiger partial charge in [0.25, 0.3) is 5.91 Å². The number of hydrogen-bond acceptors (Lipinski definition) is 4. The molecule has 5 heteroatoms. The summed E-state index contributed by atoms with van der Waals surface area (Å²) in [4.78, 5) is 17.9. The SMILES string of the molecule is CN1CCC(CNC(=O)c2cncc(O)c2)CC1. The van der Waals surface area contributed by atoms with Crippen LogP contribution in [0.3, 0.4) is 0 Å². The third kappa shape index (κ3) is 3.43. The zero-order valence-corrected chi connectivity index (χ0v) is 10.6. The van der Waals surface area contributed by atoms with Crippen LogP contribution in [0.1, 0.15) is 23.2 Å². The molecule has 0 atom stereocenters. The summed E-state index contributed by atoms with van der Waals surface area (Å²) < 4.78 is 0. The lowest BCUT2D eigenvalue weighted by Gasteiger charge is -2.28. The highest BCUT2D eigenvalue weighted by Gasteiger charge is 2.17. The van der Waals surface area contributed by atoms with Gasteiger partial charge in [0.2, 0.25) is 0 Å². The lowest BCUT2D eigenvalue weighted by molar-refractivity contribution is 0.0938. The van der Waals surface area contributed by atoms with E-state index in [4.69, 9.17) is 0 Å². The smallest absolute Gasteiger partial charge is 0.252 e. The van der Waals surface area contributed by atoms with Crippen molar-refractivity contribution in [2.45, 2.75) is 12.8 Å². The largest absolute Gasteiger partial charge is 0.506 e. The zero-order chi connectivity index (χ0) is 13.0. The van der Waals surface area contributed by atoms with Gasteiger partial charge in [-0.3, -0.25) is 9.78 Å². The van der Waals surface area contributed by atoms with Crippen molar-refractivity contribution in [1.29, 1.82) is 0 Å². The molecule has 1 aromatic rings. The van der Waals surface area contributed by atoms with Crippen molar-refractivity contribution in [2.24, 2.45) is 5.92 Å². The number of carbonyl (C=O) groups excluding carboxylic acids is 1. The molecule has 0 radical (unpaired) electrons. The fraction of sp³-hybridized carbons (Fsp3) is 0.538. The van der Waals surface area contributed by atoms with Crippen molar-refractivity contribution in [2.75, 3.05) is 26.7 Å². The number of nitrogens with zero attached hydrogens (tertiary/aromatic N) is 2. The number of likely N-dealkylation sites (tertiary alicyclic amines) is 1. The van der Waals surface area contributed by atoms with Crippen LogP contribution in [0.2, 0.25) is 0 Å². The first-order valence-corrected chi connectivity index (χ1v) is 6.26. The Labute approximate surface area is 107 Å². The molecule has 1 aliphatic heterocycles. The first kappa shape index (κ1) is 12.8. The third-order valence-corrected chi connectivity index (χ3v) is 3.38. The van der Waals surface area contributed by atoms with Gasteiger partial charge in [-0.2, -0.15) is 0 Å². The summed E-state index contributed by atoms with van der Waals surface area (Å²) in [6.07, 6.45) is 5.02. The van der Waals surface area contributed by atoms with E-state index in [1.807, 2.05) is 0 Å². The number of carbonyl (C=O) groups is 1. The normalized spacial score (nSPS) is 17.6.